The molecule has 0 aromatic heterocycles. The monoisotopic (exact) mass is 437 g/mol. The van der Waals surface area contributed by atoms with Crippen molar-refractivity contribution in [3.63, 3.8) is 0 Å². The number of halogens is 1. The first-order valence-corrected chi connectivity index (χ1v) is 10.8. The van der Waals surface area contributed by atoms with Crippen LogP contribution in [0.1, 0.15) is 41.8 Å². The molecule has 3 aromatic carbocycles. The molecular weight excluding hydrogens is 410 g/mol. The summed E-state index contributed by atoms with van der Waals surface area (Å²) in [5.41, 5.74) is 2.69. The van der Waals surface area contributed by atoms with Gasteiger partial charge in [0.15, 0.2) is 5.78 Å². The van der Waals surface area contributed by atoms with E-state index >= 15 is 0 Å². The van der Waals surface area contributed by atoms with Crippen LogP contribution < -0.4 is 0 Å². The number of nitrogens with zero attached hydrogens (tertiary/aromatic N) is 1. The Bertz CT molecular complexity index is 886. The SMILES string of the molecule is CC(C)[C@H](CC(=O)c1ccc(Cl)cc1)N(OCc1ccccc1)OCc1ccccc1. The summed E-state index contributed by atoms with van der Waals surface area (Å²) < 4.78 is 0. The molecule has 31 heavy (non-hydrogen) atoms. The van der Waals surface area contributed by atoms with Crippen molar-refractivity contribution in [1.29, 1.82) is 0 Å². The van der Waals surface area contributed by atoms with Crippen molar-refractivity contribution >= 4 is 17.4 Å². The molecule has 0 amide bonds. The standard InChI is InChI=1S/C26H28ClNO3/c1-20(2)25(17-26(29)23-13-15-24(27)16-14-23)28(30-18-21-9-5-3-6-10-21)31-19-22-11-7-4-8-12-22/h3-16,20,25H,17-19H2,1-2H3/t25-/m0/s1. The van der Waals surface area contributed by atoms with Gasteiger partial charge in [0.1, 0.15) is 0 Å². The van der Waals surface area contributed by atoms with Gasteiger partial charge in [-0.05, 0) is 41.3 Å². The Balaban J connectivity index is 1.74. The summed E-state index contributed by atoms with van der Waals surface area (Å²) in [7, 11) is 0. The topological polar surface area (TPSA) is 38.8 Å². The first-order valence-electron chi connectivity index (χ1n) is 10.4. The lowest BCUT2D eigenvalue weighted by molar-refractivity contribution is -0.403. The van der Waals surface area contributed by atoms with Crippen LogP contribution in [-0.2, 0) is 22.9 Å². The highest BCUT2D eigenvalue weighted by Gasteiger charge is 2.27. The summed E-state index contributed by atoms with van der Waals surface area (Å²) >= 11 is 5.96. The number of hydroxylamine groups is 2. The van der Waals surface area contributed by atoms with Crippen LogP contribution in [0.5, 0.6) is 0 Å². The maximum absolute atomic E-state index is 12.9. The molecule has 5 heteroatoms. The lowest BCUT2D eigenvalue weighted by Gasteiger charge is -2.32. The zero-order valence-corrected chi connectivity index (χ0v) is 18.7. The number of ketones is 1. The summed E-state index contributed by atoms with van der Waals surface area (Å²) in [6.45, 7) is 4.83. The fourth-order valence-corrected chi connectivity index (χ4v) is 3.28. The van der Waals surface area contributed by atoms with E-state index < -0.39 is 0 Å². The quantitative estimate of drug-likeness (QED) is 0.253. The van der Waals surface area contributed by atoms with E-state index in [-0.39, 0.29) is 24.2 Å². The van der Waals surface area contributed by atoms with Gasteiger partial charge in [-0.1, -0.05) is 91.3 Å². The zero-order chi connectivity index (χ0) is 22.1. The molecule has 0 bridgehead atoms. The smallest absolute Gasteiger partial charge is 0.164 e. The molecule has 0 aliphatic rings. The molecule has 0 radical (unpaired) electrons. The Morgan fingerprint density at radius 1 is 0.806 bits per heavy atom. The van der Waals surface area contributed by atoms with Crippen LogP contribution in [0.4, 0.5) is 0 Å². The van der Waals surface area contributed by atoms with Crippen LogP contribution in [-0.4, -0.2) is 17.1 Å². The van der Waals surface area contributed by atoms with Crippen molar-refractivity contribution in [3.8, 4) is 0 Å². The number of rotatable bonds is 11. The number of benzene rings is 3. The predicted octanol–water partition coefficient (Wildman–Crippen LogP) is 6.50. The van der Waals surface area contributed by atoms with Crippen LogP contribution in [0.15, 0.2) is 84.9 Å². The highest BCUT2D eigenvalue weighted by atomic mass is 35.5. The van der Waals surface area contributed by atoms with E-state index in [2.05, 4.69) is 13.8 Å². The summed E-state index contributed by atoms with van der Waals surface area (Å²) in [4.78, 5) is 25.1. The second-order valence-electron chi connectivity index (χ2n) is 7.75. The van der Waals surface area contributed by atoms with E-state index in [4.69, 9.17) is 21.3 Å². The highest BCUT2D eigenvalue weighted by Crippen LogP contribution is 2.21. The molecule has 0 heterocycles. The molecule has 0 fully saturated rings. The normalized spacial score (nSPS) is 12.3. The Labute approximate surface area is 189 Å². The van der Waals surface area contributed by atoms with Crippen molar-refractivity contribution in [2.45, 2.75) is 39.5 Å². The predicted molar refractivity (Wildman–Crippen MR) is 123 cm³/mol. The van der Waals surface area contributed by atoms with E-state index in [1.54, 1.807) is 24.3 Å². The summed E-state index contributed by atoms with van der Waals surface area (Å²) in [6, 6.07) is 26.5. The highest BCUT2D eigenvalue weighted by molar-refractivity contribution is 6.30. The Morgan fingerprint density at radius 3 is 1.74 bits per heavy atom. The van der Waals surface area contributed by atoms with Crippen LogP contribution in [0, 0.1) is 5.92 Å². The van der Waals surface area contributed by atoms with Gasteiger partial charge in [-0.25, -0.2) is 0 Å². The fourth-order valence-electron chi connectivity index (χ4n) is 3.15. The summed E-state index contributed by atoms with van der Waals surface area (Å²) in [5, 5.41) is 2.12. The average molecular weight is 438 g/mol. The maximum atomic E-state index is 12.9. The summed E-state index contributed by atoms with van der Waals surface area (Å²) in [6.07, 6.45) is 0.267. The molecule has 162 valence electrons. The minimum absolute atomic E-state index is 0.0204. The molecule has 0 aliphatic heterocycles. The zero-order valence-electron chi connectivity index (χ0n) is 17.9. The molecule has 0 saturated heterocycles. The van der Waals surface area contributed by atoms with Gasteiger partial charge < -0.3 is 0 Å². The van der Waals surface area contributed by atoms with Gasteiger partial charge in [-0.3, -0.25) is 14.5 Å². The largest absolute Gasteiger partial charge is 0.294 e. The maximum Gasteiger partial charge on any atom is 0.164 e. The molecule has 1 atom stereocenters. The lowest BCUT2D eigenvalue weighted by Crippen LogP contribution is -2.40. The Morgan fingerprint density at radius 2 is 1.29 bits per heavy atom. The minimum atomic E-state index is -0.254. The average Bonchev–Trinajstić information content (AvgIpc) is 2.79. The number of Topliss-reactive ketones (excluding diaryl/α,β-unsaturated/α-hetero) is 1. The van der Waals surface area contributed by atoms with Gasteiger partial charge in [0, 0.05) is 17.0 Å². The third-order valence-corrected chi connectivity index (χ3v) is 5.26. The molecule has 4 nitrogen and oxygen atoms in total. The molecule has 0 saturated carbocycles. The first kappa shape index (κ1) is 23.2. The number of carbonyl (C=O) groups is 1. The van der Waals surface area contributed by atoms with E-state index in [0.29, 0.717) is 23.8 Å². The Kier molecular flexibility index (Phi) is 8.80. The van der Waals surface area contributed by atoms with E-state index in [1.807, 2.05) is 60.7 Å². The van der Waals surface area contributed by atoms with E-state index in [1.165, 1.54) is 5.23 Å². The second kappa shape index (κ2) is 11.8. The van der Waals surface area contributed by atoms with Gasteiger partial charge >= 0.3 is 0 Å². The van der Waals surface area contributed by atoms with Crippen molar-refractivity contribution < 1.29 is 14.5 Å². The van der Waals surface area contributed by atoms with Crippen LogP contribution >= 0.6 is 11.6 Å². The second-order valence-corrected chi connectivity index (χ2v) is 8.19. The number of carbonyl (C=O) groups excluding carboxylic acids is 1. The van der Waals surface area contributed by atoms with Gasteiger partial charge in [0.2, 0.25) is 0 Å². The van der Waals surface area contributed by atoms with Crippen LogP contribution in [0.25, 0.3) is 0 Å². The van der Waals surface area contributed by atoms with Gasteiger partial charge in [0.05, 0.1) is 19.3 Å². The Hall–Kier alpha value is -2.50. The van der Waals surface area contributed by atoms with E-state index in [0.717, 1.165) is 11.1 Å². The third kappa shape index (κ3) is 7.30. The van der Waals surface area contributed by atoms with Gasteiger partial charge in [0.25, 0.3) is 0 Å². The molecule has 3 rings (SSSR count). The van der Waals surface area contributed by atoms with E-state index in [9.17, 15) is 4.79 Å². The van der Waals surface area contributed by atoms with Crippen molar-refractivity contribution in [2.75, 3.05) is 0 Å². The van der Waals surface area contributed by atoms with Crippen molar-refractivity contribution in [3.05, 3.63) is 107 Å². The molecule has 0 N–H and O–H groups in total. The van der Waals surface area contributed by atoms with Crippen LogP contribution in [0.2, 0.25) is 5.02 Å². The first-order chi connectivity index (χ1) is 15.0. The number of hydrogen-bond donors (Lipinski definition) is 0. The van der Waals surface area contributed by atoms with Crippen molar-refractivity contribution in [2.24, 2.45) is 5.92 Å². The minimum Gasteiger partial charge on any atom is -0.294 e. The summed E-state index contributed by atoms with van der Waals surface area (Å²) in [5.74, 6) is 0.148. The van der Waals surface area contributed by atoms with Crippen molar-refractivity contribution in [1.82, 2.24) is 5.23 Å². The van der Waals surface area contributed by atoms with Crippen LogP contribution in [0.3, 0.4) is 0 Å². The molecule has 0 unspecified atom stereocenters. The molecule has 0 spiro atoms. The molecule has 0 aliphatic carbocycles. The number of hydrogen-bond acceptors (Lipinski definition) is 4. The molecular formula is C26H28ClNO3. The third-order valence-electron chi connectivity index (χ3n) is 5.00. The van der Waals surface area contributed by atoms with Gasteiger partial charge in [-0.15, -0.1) is 0 Å². The molecule has 3 aromatic rings. The van der Waals surface area contributed by atoms with Gasteiger partial charge in [-0.2, -0.15) is 0 Å². The lowest BCUT2D eigenvalue weighted by atomic mass is 9.96. The fraction of sp³-hybridized carbons (Fsp3) is 0.269.